The first-order valence-corrected chi connectivity index (χ1v) is 10.2. The van der Waals surface area contributed by atoms with E-state index in [4.69, 9.17) is 0 Å². The molecule has 0 fully saturated rings. The Morgan fingerprint density at radius 1 is 0.783 bits per heavy atom. The van der Waals surface area contributed by atoms with Crippen LogP contribution in [0.1, 0.15) is 11.1 Å². The zero-order chi connectivity index (χ0) is 16.3. The van der Waals surface area contributed by atoms with E-state index in [-0.39, 0.29) is 5.82 Å². The number of halogens is 1. The fraction of sp³-hybridized carbons (Fsp3) is 0.143. The van der Waals surface area contributed by atoms with Gasteiger partial charge in [-0.3, -0.25) is 0 Å². The van der Waals surface area contributed by atoms with Gasteiger partial charge in [0.15, 0.2) is 0 Å². The van der Waals surface area contributed by atoms with Crippen molar-refractivity contribution in [2.75, 3.05) is 6.66 Å². The van der Waals surface area contributed by atoms with Crippen LogP contribution in [0.2, 0.25) is 0 Å². The second-order valence-electron chi connectivity index (χ2n) is 6.09. The molecule has 0 aliphatic rings. The summed E-state index contributed by atoms with van der Waals surface area (Å²) in [6.07, 6.45) is 0.952. The average molecular weight is 323 g/mol. The van der Waals surface area contributed by atoms with Gasteiger partial charge >= 0.3 is 0 Å². The van der Waals surface area contributed by atoms with Crippen molar-refractivity contribution in [1.29, 1.82) is 0 Å². The molecular weight excluding hydrogens is 302 g/mol. The molecule has 0 saturated carbocycles. The third-order valence-electron chi connectivity index (χ3n) is 4.44. The quantitative estimate of drug-likeness (QED) is 0.597. The van der Waals surface area contributed by atoms with Crippen LogP contribution in [-0.4, -0.2) is 6.66 Å². The summed E-state index contributed by atoms with van der Waals surface area (Å²) < 4.78 is 13.4. The van der Waals surface area contributed by atoms with Crippen LogP contribution in [0, 0.1) is 12.7 Å². The van der Waals surface area contributed by atoms with Crippen LogP contribution < -0.4 is 10.6 Å². The van der Waals surface area contributed by atoms with Crippen molar-refractivity contribution < 1.29 is 4.39 Å². The lowest BCUT2D eigenvalue weighted by Gasteiger charge is -2.24. The second kappa shape index (κ2) is 6.64. The Morgan fingerprint density at radius 3 is 1.78 bits per heavy atom. The van der Waals surface area contributed by atoms with Gasteiger partial charge in [0.2, 0.25) is 0 Å². The number of hydrogen-bond acceptors (Lipinski definition) is 0. The molecule has 0 aromatic heterocycles. The topological polar surface area (TPSA) is 0 Å². The fourth-order valence-corrected chi connectivity index (χ4v) is 6.38. The maximum Gasteiger partial charge on any atom is 0.123 e. The Kier molecular flexibility index (Phi) is 4.59. The van der Waals surface area contributed by atoms with Crippen molar-refractivity contribution in [2.24, 2.45) is 0 Å². The molecule has 0 aliphatic carbocycles. The Balaban J connectivity index is 2.09. The van der Waals surface area contributed by atoms with Crippen molar-refractivity contribution in [3.05, 3.63) is 95.8 Å². The normalized spacial score (nSPS) is 11.4. The van der Waals surface area contributed by atoms with Crippen LogP contribution in [0.4, 0.5) is 4.39 Å². The summed E-state index contributed by atoms with van der Waals surface area (Å²) in [4.78, 5) is 0. The van der Waals surface area contributed by atoms with E-state index in [1.165, 1.54) is 16.2 Å². The highest BCUT2D eigenvalue weighted by atomic mass is 31.2. The number of benzene rings is 3. The van der Waals surface area contributed by atoms with Crippen molar-refractivity contribution in [3.8, 4) is 0 Å². The lowest BCUT2D eigenvalue weighted by Crippen LogP contribution is -2.23. The Labute approximate surface area is 138 Å². The van der Waals surface area contributed by atoms with Crippen LogP contribution in [-0.2, 0) is 6.16 Å². The molecule has 3 rings (SSSR count). The van der Waals surface area contributed by atoms with Gasteiger partial charge in [-0.1, -0.05) is 42.5 Å². The molecule has 0 spiro atoms. The zero-order valence-corrected chi connectivity index (χ0v) is 14.4. The van der Waals surface area contributed by atoms with E-state index in [2.05, 4.69) is 67.3 Å². The molecule has 2 heteroatoms. The highest BCUT2D eigenvalue weighted by molar-refractivity contribution is 7.88. The predicted octanol–water partition coefficient (Wildman–Crippen LogP) is 4.93. The number of hydrogen-bond donors (Lipinski definition) is 0. The van der Waals surface area contributed by atoms with E-state index >= 15 is 0 Å². The van der Waals surface area contributed by atoms with Crippen molar-refractivity contribution >= 4 is 17.9 Å². The summed E-state index contributed by atoms with van der Waals surface area (Å²) in [6, 6.07) is 26.6. The molecule has 3 aromatic rings. The van der Waals surface area contributed by atoms with Crippen LogP contribution in [0.15, 0.2) is 78.9 Å². The molecule has 3 aromatic carbocycles. The standard InChI is InChI=1S/C21H21FP/c1-17-15-19(22)14-13-18(17)16-23(2,20-9-5-3-6-10-20)21-11-7-4-8-12-21/h3-15H,16H2,1-2H3/q+1. The van der Waals surface area contributed by atoms with Crippen LogP contribution in [0.3, 0.4) is 0 Å². The van der Waals surface area contributed by atoms with Crippen molar-refractivity contribution in [3.63, 3.8) is 0 Å². The number of rotatable bonds is 4. The van der Waals surface area contributed by atoms with E-state index in [1.54, 1.807) is 12.1 Å². The molecule has 116 valence electrons. The molecule has 0 N–H and O–H groups in total. The van der Waals surface area contributed by atoms with Crippen LogP contribution in [0.5, 0.6) is 0 Å². The lowest BCUT2D eigenvalue weighted by atomic mass is 10.1. The largest absolute Gasteiger partial charge is 0.207 e. The van der Waals surface area contributed by atoms with Gasteiger partial charge in [-0.25, -0.2) is 4.39 Å². The molecule has 0 amide bonds. The molecule has 0 radical (unpaired) electrons. The smallest absolute Gasteiger partial charge is 0.123 e. The molecular formula is C21H21FP+. The summed E-state index contributed by atoms with van der Waals surface area (Å²) in [7, 11) is -1.56. The third kappa shape index (κ3) is 3.35. The first-order chi connectivity index (χ1) is 11.1. The maximum absolute atomic E-state index is 13.4. The first-order valence-electron chi connectivity index (χ1n) is 7.81. The van der Waals surface area contributed by atoms with Gasteiger partial charge in [0, 0.05) is 0 Å². The number of aryl methyl sites for hydroxylation is 1. The minimum absolute atomic E-state index is 0.161. The van der Waals surface area contributed by atoms with Crippen LogP contribution in [0.25, 0.3) is 0 Å². The fourth-order valence-electron chi connectivity index (χ4n) is 3.02. The molecule has 0 nitrogen and oxygen atoms in total. The maximum atomic E-state index is 13.4. The SMILES string of the molecule is Cc1cc(F)ccc1C[P+](C)(c1ccccc1)c1ccccc1. The van der Waals surface area contributed by atoms with E-state index in [0.29, 0.717) is 0 Å². The Morgan fingerprint density at radius 2 is 1.30 bits per heavy atom. The molecule has 0 bridgehead atoms. The van der Waals surface area contributed by atoms with Crippen molar-refractivity contribution in [2.45, 2.75) is 13.1 Å². The Bertz CT molecular complexity index is 742. The molecule has 0 saturated heterocycles. The minimum Gasteiger partial charge on any atom is -0.207 e. The lowest BCUT2D eigenvalue weighted by molar-refractivity contribution is 0.626. The highest BCUT2D eigenvalue weighted by Gasteiger charge is 2.37. The summed E-state index contributed by atoms with van der Waals surface area (Å²) in [5.74, 6) is -0.161. The van der Waals surface area contributed by atoms with Gasteiger partial charge in [0.05, 0.1) is 30.7 Å². The second-order valence-corrected chi connectivity index (χ2v) is 9.82. The van der Waals surface area contributed by atoms with Crippen LogP contribution >= 0.6 is 7.26 Å². The molecule has 0 unspecified atom stereocenters. The molecule has 0 aliphatic heterocycles. The van der Waals surface area contributed by atoms with E-state index in [1.807, 2.05) is 13.0 Å². The highest BCUT2D eigenvalue weighted by Crippen LogP contribution is 2.55. The predicted molar refractivity (Wildman–Crippen MR) is 99.8 cm³/mol. The van der Waals surface area contributed by atoms with Gasteiger partial charge < -0.3 is 0 Å². The molecule has 0 heterocycles. The minimum atomic E-state index is -1.56. The summed E-state index contributed by atoms with van der Waals surface area (Å²) in [5.41, 5.74) is 2.26. The zero-order valence-electron chi connectivity index (χ0n) is 13.5. The van der Waals surface area contributed by atoms with E-state index in [9.17, 15) is 4.39 Å². The first kappa shape index (κ1) is 15.9. The van der Waals surface area contributed by atoms with E-state index in [0.717, 1.165) is 11.7 Å². The van der Waals surface area contributed by atoms with Crippen molar-refractivity contribution in [1.82, 2.24) is 0 Å². The summed E-state index contributed by atoms with van der Waals surface area (Å²) in [6.45, 7) is 4.37. The summed E-state index contributed by atoms with van der Waals surface area (Å²) >= 11 is 0. The van der Waals surface area contributed by atoms with Gasteiger partial charge in [-0.15, -0.1) is 0 Å². The van der Waals surface area contributed by atoms with Gasteiger partial charge in [-0.05, 0) is 54.4 Å². The van der Waals surface area contributed by atoms with E-state index < -0.39 is 7.26 Å². The third-order valence-corrected chi connectivity index (χ3v) is 8.29. The average Bonchev–Trinajstić information content (AvgIpc) is 2.59. The molecule has 0 atom stereocenters. The van der Waals surface area contributed by atoms with Gasteiger partial charge in [0.25, 0.3) is 0 Å². The Hall–Kier alpha value is -1.98. The monoisotopic (exact) mass is 323 g/mol. The van der Waals surface area contributed by atoms with Gasteiger partial charge in [0.1, 0.15) is 5.82 Å². The van der Waals surface area contributed by atoms with Gasteiger partial charge in [-0.2, -0.15) is 0 Å². The summed E-state index contributed by atoms with van der Waals surface area (Å²) in [5, 5.41) is 2.77. The molecule has 23 heavy (non-hydrogen) atoms.